The number of carbonyl (C=O) groups is 1. The van der Waals surface area contributed by atoms with E-state index in [1.807, 2.05) is 60.7 Å². The highest BCUT2D eigenvalue weighted by Gasteiger charge is 2.15. The van der Waals surface area contributed by atoms with Gasteiger partial charge in [-0.05, 0) is 60.4 Å². The molecule has 0 bridgehead atoms. The van der Waals surface area contributed by atoms with Crippen molar-refractivity contribution in [1.29, 1.82) is 0 Å². The molecule has 3 nitrogen and oxygen atoms in total. The Hall–Kier alpha value is -3.20. The highest BCUT2D eigenvalue weighted by Crippen LogP contribution is 2.29. The molecular formula is C28H30N2O. The van der Waals surface area contributed by atoms with Crippen molar-refractivity contribution in [1.82, 2.24) is 4.98 Å². The van der Waals surface area contributed by atoms with Crippen molar-refractivity contribution in [3.63, 3.8) is 0 Å². The first-order chi connectivity index (χ1) is 15.3. The first-order valence-corrected chi connectivity index (χ1v) is 11.4. The van der Waals surface area contributed by atoms with Gasteiger partial charge in [-0.25, -0.2) is 0 Å². The second-order valence-corrected chi connectivity index (χ2v) is 8.38. The number of hydrogen-bond donors (Lipinski definition) is 1. The SMILES string of the molecule is O=C(CCCC1CCCC1)c1cccc(Nc2ccc(/C=C/c3ccccn3)cc2)c1. The maximum Gasteiger partial charge on any atom is 0.162 e. The molecule has 1 N–H and O–H groups in total. The van der Waals surface area contributed by atoms with Crippen LogP contribution in [-0.2, 0) is 0 Å². The van der Waals surface area contributed by atoms with Crippen LogP contribution in [0.1, 0.15) is 66.6 Å². The van der Waals surface area contributed by atoms with Crippen molar-refractivity contribution in [2.75, 3.05) is 5.32 Å². The van der Waals surface area contributed by atoms with Gasteiger partial charge in [0.15, 0.2) is 5.78 Å². The molecule has 0 spiro atoms. The fourth-order valence-electron chi connectivity index (χ4n) is 4.27. The molecule has 3 aromatic rings. The molecule has 0 amide bonds. The number of ketones is 1. The molecule has 1 aliphatic carbocycles. The monoisotopic (exact) mass is 410 g/mol. The van der Waals surface area contributed by atoms with E-state index in [0.29, 0.717) is 6.42 Å². The van der Waals surface area contributed by atoms with Crippen LogP contribution in [0.4, 0.5) is 11.4 Å². The summed E-state index contributed by atoms with van der Waals surface area (Å²) < 4.78 is 0. The zero-order valence-corrected chi connectivity index (χ0v) is 18.0. The van der Waals surface area contributed by atoms with Gasteiger partial charge in [0.2, 0.25) is 0 Å². The maximum atomic E-state index is 12.6. The summed E-state index contributed by atoms with van der Waals surface area (Å²) >= 11 is 0. The standard InChI is InChI=1S/C28H30N2O/c31-28(13-5-9-22-7-1-2-8-22)24-10-6-12-27(21-24)30-26-18-15-23(16-19-26)14-17-25-11-3-4-20-29-25/h3-4,6,10-12,14-22,30H,1-2,5,7-9,13H2/b17-14+. The summed E-state index contributed by atoms with van der Waals surface area (Å²) in [6.45, 7) is 0. The van der Waals surface area contributed by atoms with Crippen LogP contribution in [-0.4, -0.2) is 10.8 Å². The van der Waals surface area contributed by atoms with Crippen LogP contribution in [0, 0.1) is 5.92 Å². The number of benzene rings is 2. The molecule has 1 aromatic heterocycles. The summed E-state index contributed by atoms with van der Waals surface area (Å²) in [5, 5.41) is 3.41. The predicted octanol–water partition coefficient (Wildman–Crippen LogP) is 7.54. The summed E-state index contributed by atoms with van der Waals surface area (Å²) in [5.74, 6) is 1.10. The number of rotatable bonds is 9. The van der Waals surface area contributed by atoms with Gasteiger partial charge in [0, 0.05) is 29.6 Å². The van der Waals surface area contributed by atoms with Gasteiger partial charge in [-0.15, -0.1) is 0 Å². The lowest BCUT2D eigenvalue weighted by atomic mass is 9.98. The number of hydrogen-bond acceptors (Lipinski definition) is 3. The second-order valence-electron chi connectivity index (χ2n) is 8.38. The minimum atomic E-state index is 0.247. The Bertz CT molecular complexity index is 1000. The zero-order chi connectivity index (χ0) is 21.3. The van der Waals surface area contributed by atoms with E-state index in [4.69, 9.17) is 0 Å². The molecule has 158 valence electrons. The van der Waals surface area contributed by atoms with E-state index in [2.05, 4.69) is 28.5 Å². The van der Waals surface area contributed by atoms with Crippen LogP contribution in [0.2, 0.25) is 0 Å². The Labute approximate surface area is 185 Å². The largest absolute Gasteiger partial charge is 0.356 e. The molecule has 3 heteroatoms. The molecule has 1 heterocycles. The van der Waals surface area contributed by atoms with Crippen LogP contribution in [0.5, 0.6) is 0 Å². The molecule has 2 aromatic carbocycles. The quantitative estimate of drug-likeness (QED) is 0.371. The molecule has 4 rings (SSSR count). The molecule has 0 saturated heterocycles. The number of pyridine rings is 1. The number of nitrogens with zero attached hydrogens (tertiary/aromatic N) is 1. The predicted molar refractivity (Wildman–Crippen MR) is 129 cm³/mol. The molecular weight excluding hydrogens is 380 g/mol. The van der Waals surface area contributed by atoms with Gasteiger partial charge in [-0.1, -0.05) is 68.5 Å². The first-order valence-electron chi connectivity index (χ1n) is 11.4. The van der Waals surface area contributed by atoms with Crippen molar-refractivity contribution in [2.45, 2.75) is 44.9 Å². The third-order valence-electron chi connectivity index (χ3n) is 6.01. The lowest BCUT2D eigenvalue weighted by Gasteiger charge is -2.10. The molecule has 0 atom stereocenters. The lowest BCUT2D eigenvalue weighted by Crippen LogP contribution is -2.02. The zero-order valence-electron chi connectivity index (χ0n) is 18.0. The number of Topliss-reactive ketones (excluding diaryl/α,β-unsaturated/α-hetero) is 1. The molecule has 0 aliphatic heterocycles. The fourth-order valence-corrected chi connectivity index (χ4v) is 4.27. The van der Waals surface area contributed by atoms with E-state index < -0.39 is 0 Å². The highest BCUT2D eigenvalue weighted by atomic mass is 16.1. The molecule has 1 saturated carbocycles. The van der Waals surface area contributed by atoms with Crippen LogP contribution in [0.3, 0.4) is 0 Å². The number of anilines is 2. The Kier molecular flexibility index (Phi) is 7.28. The average Bonchev–Trinajstić information content (AvgIpc) is 3.33. The molecule has 31 heavy (non-hydrogen) atoms. The van der Waals surface area contributed by atoms with Crippen LogP contribution < -0.4 is 5.32 Å². The number of carbonyl (C=O) groups excluding carboxylic acids is 1. The Morgan fingerprint density at radius 3 is 2.55 bits per heavy atom. The van der Waals surface area contributed by atoms with Crippen molar-refractivity contribution < 1.29 is 4.79 Å². The van der Waals surface area contributed by atoms with Crippen LogP contribution >= 0.6 is 0 Å². The Morgan fingerprint density at radius 2 is 1.77 bits per heavy atom. The van der Waals surface area contributed by atoms with Gasteiger partial charge in [0.25, 0.3) is 0 Å². The maximum absolute atomic E-state index is 12.6. The lowest BCUT2D eigenvalue weighted by molar-refractivity contribution is 0.0977. The summed E-state index contributed by atoms with van der Waals surface area (Å²) in [6, 6.07) is 22.0. The van der Waals surface area contributed by atoms with E-state index >= 15 is 0 Å². The summed E-state index contributed by atoms with van der Waals surface area (Å²) in [5.41, 5.74) is 4.79. The molecule has 1 fully saturated rings. The molecule has 0 radical (unpaired) electrons. The van der Waals surface area contributed by atoms with Crippen molar-refractivity contribution in [2.24, 2.45) is 5.92 Å². The minimum Gasteiger partial charge on any atom is -0.356 e. The van der Waals surface area contributed by atoms with E-state index in [0.717, 1.165) is 40.5 Å². The van der Waals surface area contributed by atoms with E-state index in [-0.39, 0.29) is 5.78 Å². The topological polar surface area (TPSA) is 42.0 Å². The van der Waals surface area contributed by atoms with Gasteiger partial charge in [0.05, 0.1) is 5.69 Å². The highest BCUT2D eigenvalue weighted by molar-refractivity contribution is 5.97. The van der Waals surface area contributed by atoms with E-state index in [1.54, 1.807) is 6.20 Å². The summed E-state index contributed by atoms with van der Waals surface area (Å²) in [7, 11) is 0. The van der Waals surface area contributed by atoms with Crippen molar-refractivity contribution in [3.05, 3.63) is 89.7 Å². The molecule has 0 unspecified atom stereocenters. The van der Waals surface area contributed by atoms with Gasteiger partial charge in [-0.2, -0.15) is 0 Å². The third kappa shape index (κ3) is 6.39. The third-order valence-corrected chi connectivity index (χ3v) is 6.01. The van der Waals surface area contributed by atoms with Gasteiger partial charge in [0.1, 0.15) is 0 Å². The Morgan fingerprint density at radius 1 is 0.935 bits per heavy atom. The fraction of sp³-hybridized carbons (Fsp3) is 0.286. The molecule has 1 aliphatic rings. The van der Waals surface area contributed by atoms with Crippen molar-refractivity contribution in [3.8, 4) is 0 Å². The van der Waals surface area contributed by atoms with Gasteiger partial charge >= 0.3 is 0 Å². The minimum absolute atomic E-state index is 0.247. The van der Waals surface area contributed by atoms with Crippen molar-refractivity contribution >= 4 is 29.3 Å². The van der Waals surface area contributed by atoms with Gasteiger partial charge < -0.3 is 5.32 Å². The van der Waals surface area contributed by atoms with Crippen LogP contribution in [0.15, 0.2) is 72.9 Å². The normalized spacial score (nSPS) is 14.2. The van der Waals surface area contributed by atoms with E-state index in [9.17, 15) is 4.79 Å². The Balaban J connectivity index is 1.31. The van der Waals surface area contributed by atoms with Crippen LogP contribution in [0.25, 0.3) is 12.2 Å². The summed E-state index contributed by atoms with van der Waals surface area (Å²) in [6.07, 6.45) is 14.2. The first kappa shape index (κ1) is 21.0. The second kappa shape index (κ2) is 10.7. The van der Waals surface area contributed by atoms with Gasteiger partial charge in [-0.3, -0.25) is 9.78 Å². The van der Waals surface area contributed by atoms with E-state index in [1.165, 1.54) is 32.1 Å². The number of nitrogens with one attached hydrogen (secondary N) is 1. The smallest absolute Gasteiger partial charge is 0.162 e. The number of aromatic nitrogens is 1. The summed E-state index contributed by atoms with van der Waals surface area (Å²) in [4.78, 5) is 16.9. The average molecular weight is 411 g/mol.